The maximum absolute atomic E-state index is 12.5. The Morgan fingerprint density at radius 1 is 1.39 bits per heavy atom. The number of hydrogen-bond acceptors (Lipinski definition) is 5. The van der Waals surface area contributed by atoms with Crippen molar-refractivity contribution in [2.75, 3.05) is 24.7 Å². The van der Waals surface area contributed by atoms with Gasteiger partial charge in [-0.05, 0) is 32.6 Å². The van der Waals surface area contributed by atoms with Crippen LogP contribution in [0, 0.1) is 19.8 Å². The van der Waals surface area contributed by atoms with Gasteiger partial charge < -0.3 is 4.90 Å². The first-order valence-corrected chi connectivity index (χ1v) is 8.77. The van der Waals surface area contributed by atoms with E-state index < -0.39 is 0 Å². The van der Waals surface area contributed by atoms with Gasteiger partial charge in [0.25, 0.3) is 0 Å². The number of nitrogens with zero attached hydrogens (tertiary/aromatic N) is 4. The zero-order valence-electron chi connectivity index (χ0n) is 13.5. The molecular weight excluding hydrogens is 357 g/mol. The van der Waals surface area contributed by atoms with Crippen LogP contribution in [0.4, 0.5) is 0 Å². The van der Waals surface area contributed by atoms with Crippen molar-refractivity contribution in [1.29, 1.82) is 0 Å². The highest BCUT2D eigenvalue weighted by atomic mass is 35.5. The van der Waals surface area contributed by atoms with Gasteiger partial charge in [-0.1, -0.05) is 0 Å². The van der Waals surface area contributed by atoms with Crippen LogP contribution in [-0.4, -0.2) is 56.3 Å². The van der Waals surface area contributed by atoms with E-state index >= 15 is 0 Å². The molecular formula is C14H25Cl2N5OS. The molecule has 2 aliphatic rings. The molecule has 9 heteroatoms. The van der Waals surface area contributed by atoms with E-state index in [0.29, 0.717) is 5.92 Å². The van der Waals surface area contributed by atoms with Crippen molar-refractivity contribution < 1.29 is 4.79 Å². The number of nitrogens with one attached hydrogen (secondary N) is 1. The SMILES string of the molecule is Cc1nc(C)n(CC2CCCN(C(=O)C3CSCN3)C2)n1.Cl.Cl. The molecule has 2 fully saturated rings. The maximum Gasteiger partial charge on any atom is 0.240 e. The van der Waals surface area contributed by atoms with Crippen LogP contribution in [0.25, 0.3) is 0 Å². The molecule has 1 aromatic rings. The van der Waals surface area contributed by atoms with Crippen molar-refractivity contribution in [3.8, 4) is 0 Å². The molecule has 1 aromatic heterocycles. The van der Waals surface area contributed by atoms with E-state index in [1.54, 1.807) is 11.8 Å². The Kier molecular flexibility index (Phi) is 8.13. The monoisotopic (exact) mass is 381 g/mol. The Bertz CT molecular complexity index is 521. The molecule has 132 valence electrons. The summed E-state index contributed by atoms with van der Waals surface area (Å²) in [5.41, 5.74) is 0. The number of amides is 1. The normalized spacial score (nSPS) is 24.0. The number of rotatable bonds is 3. The molecule has 23 heavy (non-hydrogen) atoms. The first-order valence-electron chi connectivity index (χ1n) is 7.61. The number of halogens is 2. The number of carbonyl (C=O) groups excluding carboxylic acids is 1. The molecule has 0 aromatic carbocycles. The fraction of sp³-hybridized carbons (Fsp3) is 0.786. The lowest BCUT2D eigenvalue weighted by Gasteiger charge is -2.34. The smallest absolute Gasteiger partial charge is 0.240 e. The summed E-state index contributed by atoms with van der Waals surface area (Å²) in [5.74, 6) is 4.34. The van der Waals surface area contributed by atoms with E-state index in [-0.39, 0.29) is 36.8 Å². The van der Waals surface area contributed by atoms with Gasteiger partial charge in [0.05, 0.1) is 6.04 Å². The lowest BCUT2D eigenvalue weighted by molar-refractivity contribution is -0.134. The zero-order valence-corrected chi connectivity index (χ0v) is 16.0. The van der Waals surface area contributed by atoms with Gasteiger partial charge in [-0.15, -0.1) is 36.6 Å². The van der Waals surface area contributed by atoms with E-state index in [1.807, 2.05) is 23.4 Å². The van der Waals surface area contributed by atoms with Crippen LogP contribution in [0.3, 0.4) is 0 Å². The third-order valence-electron chi connectivity index (χ3n) is 4.24. The highest BCUT2D eigenvalue weighted by Gasteiger charge is 2.31. The Morgan fingerprint density at radius 2 is 2.17 bits per heavy atom. The minimum atomic E-state index is 0. The summed E-state index contributed by atoms with van der Waals surface area (Å²) in [7, 11) is 0. The number of hydrogen-bond donors (Lipinski definition) is 1. The third kappa shape index (κ3) is 4.98. The van der Waals surface area contributed by atoms with Crippen molar-refractivity contribution in [3.63, 3.8) is 0 Å². The molecule has 1 N–H and O–H groups in total. The average Bonchev–Trinajstić information content (AvgIpc) is 3.09. The molecule has 3 rings (SSSR count). The molecule has 2 unspecified atom stereocenters. The van der Waals surface area contributed by atoms with Crippen LogP contribution in [0.15, 0.2) is 0 Å². The quantitative estimate of drug-likeness (QED) is 0.861. The van der Waals surface area contributed by atoms with Gasteiger partial charge in [0.15, 0.2) is 0 Å². The fourth-order valence-electron chi connectivity index (χ4n) is 3.17. The van der Waals surface area contributed by atoms with Gasteiger partial charge in [0.2, 0.25) is 5.91 Å². The van der Waals surface area contributed by atoms with E-state index in [0.717, 1.165) is 55.8 Å². The molecule has 0 radical (unpaired) electrons. The summed E-state index contributed by atoms with van der Waals surface area (Å²) < 4.78 is 1.98. The number of aryl methyl sites for hydroxylation is 2. The maximum atomic E-state index is 12.5. The minimum absolute atomic E-state index is 0. The van der Waals surface area contributed by atoms with Crippen molar-refractivity contribution in [1.82, 2.24) is 25.0 Å². The van der Waals surface area contributed by atoms with Gasteiger partial charge in [-0.2, -0.15) is 5.10 Å². The standard InChI is InChI=1S/C14H23N5OS.2ClH/c1-10-16-11(2)19(17-10)7-12-4-3-5-18(6-12)14(20)13-8-21-9-15-13;;/h12-13,15H,3-9H2,1-2H3;2*1H. The average molecular weight is 382 g/mol. The van der Waals surface area contributed by atoms with E-state index in [2.05, 4.69) is 15.4 Å². The largest absolute Gasteiger partial charge is 0.341 e. The number of piperidine rings is 1. The van der Waals surface area contributed by atoms with Crippen LogP contribution in [0.1, 0.15) is 24.5 Å². The fourth-order valence-corrected chi connectivity index (χ4v) is 4.10. The summed E-state index contributed by atoms with van der Waals surface area (Å²) in [6.07, 6.45) is 2.25. The molecule has 6 nitrogen and oxygen atoms in total. The van der Waals surface area contributed by atoms with Crippen molar-refractivity contribution in [2.24, 2.45) is 5.92 Å². The second kappa shape index (κ2) is 9.11. The molecule has 0 aliphatic carbocycles. The Hall–Kier alpha value is -0.500. The molecule has 3 heterocycles. The highest BCUT2D eigenvalue weighted by molar-refractivity contribution is 7.99. The second-order valence-corrected chi connectivity index (χ2v) is 6.98. The van der Waals surface area contributed by atoms with Gasteiger partial charge in [0.1, 0.15) is 11.6 Å². The Labute approximate surface area is 154 Å². The van der Waals surface area contributed by atoms with Crippen LogP contribution < -0.4 is 5.32 Å². The molecule has 2 saturated heterocycles. The number of aromatic nitrogens is 3. The van der Waals surface area contributed by atoms with Crippen molar-refractivity contribution in [3.05, 3.63) is 11.6 Å². The van der Waals surface area contributed by atoms with E-state index in [4.69, 9.17) is 0 Å². The summed E-state index contributed by atoms with van der Waals surface area (Å²) >= 11 is 1.80. The predicted molar refractivity (Wildman–Crippen MR) is 97.5 cm³/mol. The molecule has 0 saturated carbocycles. The minimum Gasteiger partial charge on any atom is -0.341 e. The summed E-state index contributed by atoms with van der Waals surface area (Å²) in [5, 5.41) is 7.71. The summed E-state index contributed by atoms with van der Waals surface area (Å²) in [4.78, 5) is 18.9. The highest BCUT2D eigenvalue weighted by Crippen LogP contribution is 2.21. The lowest BCUT2D eigenvalue weighted by Crippen LogP contribution is -2.49. The topological polar surface area (TPSA) is 63.1 Å². The molecule has 1 amide bonds. The molecule has 0 spiro atoms. The third-order valence-corrected chi connectivity index (χ3v) is 5.18. The van der Waals surface area contributed by atoms with Crippen LogP contribution >= 0.6 is 36.6 Å². The Balaban J connectivity index is 0.00000132. The van der Waals surface area contributed by atoms with Gasteiger partial charge in [-0.3, -0.25) is 10.1 Å². The van der Waals surface area contributed by atoms with Gasteiger partial charge in [-0.25, -0.2) is 9.67 Å². The molecule has 2 atom stereocenters. The summed E-state index contributed by atoms with van der Waals surface area (Å²) in [6, 6.07) is 0.0177. The molecule has 2 aliphatic heterocycles. The number of thioether (sulfide) groups is 1. The van der Waals surface area contributed by atoms with Gasteiger partial charge >= 0.3 is 0 Å². The zero-order chi connectivity index (χ0) is 14.8. The second-order valence-electron chi connectivity index (χ2n) is 5.95. The first kappa shape index (κ1) is 20.5. The molecule has 0 bridgehead atoms. The van der Waals surface area contributed by atoms with Gasteiger partial charge in [0, 0.05) is 31.3 Å². The van der Waals surface area contributed by atoms with Crippen molar-refractivity contribution >= 4 is 42.5 Å². The first-order chi connectivity index (χ1) is 10.1. The van der Waals surface area contributed by atoms with Crippen molar-refractivity contribution in [2.45, 2.75) is 39.3 Å². The number of carbonyl (C=O) groups is 1. The van der Waals surface area contributed by atoms with Crippen LogP contribution in [0.2, 0.25) is 0 Å². The predicted octanol–water partition coefficient (Wildman–Crippen LogP) is 1.64. The van der Waals surface area contributed by atoms with Crippen LogP contribution in [-0.2, 0) is 11.3 Å². The van der Waals surface area contributed by atoms with E-state index in [9.17, 15) is 4.79 Å². The lowest BCUT2D eigenvalue weighted by atomic mass is 9.97. The number of likely N-dealkylation sites (tertiary alicyclic amines) is 1. The van der Waals surface area contributed by atoms with E-state index in [1.165, 1.54) is 0 Å². The summed E-state index contributed by atoms with van der Waals surface area (Å²) in [6.45, 7) is 6.52. The van der Waals surface area contributed by atoms with Crippen LogP contribution in [0.5, 0.6) is 0 Å². The Morgan fingerprint density at radius 3 is 2.78 bits per heavy atom.